The van der Waals surface area contributed by atoms with Crippen molar-refractivity contribution in [3.63, 3.8) is 0 Å². The highest BCUT2D eigenvalue weighted by molar-refractivity contribution is 7.89. The molecule has 0 aliphatic carbocycles. The van der Waals surface area contributed by atoms with E-state index in [9.17, 15) is 22.0 Å². The second kappa shape index (κ2) is 4.86. The summed E-state index contributed by atoms with van der Waals surface area (Å²) in [6.07, 6.45) is 0. The Morgan fingerprint density at radius 2 is 1.79 bits per heavy atom. The number of rotatable bonds is 3. The lowest BCUT2D eigenvalue weighted by atomic mass is 10.1. The molecule has 0 bridgehead atoms. The largest absolute Gasteiger partial charge is 0.477 e. The molecule has 0 unspecified atom stereocenters. The standard InChI is InChI=1S/C11H13F2NO4S/c1-11(2,3)14-19(17,18)7-5-4-6(12)8(9(7)13)10(15)16/h4-5,14H,1-3H3,(H,15,16). The third kappa shape index (κ3) is 3.48. The molecule has 8 heteroatoms. The van der Waals surface area contributed by atoms with Crippen LogP contribution in [-0.4, -0.2) is 25.0 Å². The topological polar surface area (TPSA) is 83.5 Å². The fourth-order valence-corrected chi connectivity index (χ4v) is 2.90. The minimum absolute atomic E-state index is 0.601. The van der Waals surface area contributed by atoms with Gasteiger partial charge in [-0.25, -0.2) is 26.7 Å². The van der Waals surface area contributed by atoms with Gasteiger partial charge in [-0.05, 0) is 32.9 Å². The molecule has 19 heavy (non-hydrogen) atoms. The molecule has 0 aliphatic rings. The maximum Gasteiger partial charge on any atom is 0.341 e. The number of aromatic carboxylic acids is 1. The Bertz CT molecular complexity index is 620. The van der Waals surface area contributed by atoms with Crippen LogP contribution in [-0.2, 0) is 10.0 Å². The average Bonchev–Trinajstić information content (AvgIpc) is 2.11. The molecular formula is C11H13F2NO4S. The Morgan fingerprint density at radius 3 is 2.21 bits per heavy atom. The van der Waals surface area contributed by atoms with Gasteiger partial charge < -0.3 is 5.11 Å². The number of carboxylic acid groups (broad SMARTS) is 1. The summed E-state index contributed by atoms with van der Waals surface area (Å²) in [5, 5.41) is 8.67. The Balaban J connectivity index is 3.46. The summed E-state index contributed by atoms with van der Waals surface area (Å²) in [5.41, 5.74) is -2.18. The molecule has 0 amide bonds. The van der Waals surface area contributed by atoms with Gasteiger partial charge in [0.15, 0.2) is 5.82 Å². The molecule has 5 nitrogen and oxygen atoms in total. The molecule has 1 rings (SSSR count). The van der Waals surface area contributed by atoms with Crippen molar-refractivity contribution in [2.45, 2.75) is 31.2 Å². The molecule has 106 valence electrons. The molecule has 0 atom stereocenters. The molecule has 0 heterocycles. The molecule has 1 aromatic carbocycles. The van der Waals surface area contributed by atoms with Crippen LogP contribution in [0, 0.1) is 11.6 Å². The predicted octanol–water partition coefficient (Wildman–Crippen LogP) is 1.74. The van der Waals surface area contributed by atoms with Gasteiger partial charge in [-0.3, -0.25) is 0 Å². The monoisotopic (exact) mass is 293 g/mol. The molecule has 1 aromatic rings. The Kier molecular flexibility index (Phi) is 3.97. The minimum atomic E-state index is -4.28. The van der Waals surface area contributed by atoms with E-state index >= 15 is 0 Å². The fraction of sp³-hybridized carbons (Fsp3) is 0.364. The lowest BCUT2D eigenvalue weighted by Gasteiger charge is -2.20. The van der Waals surface area contributed by atoms with Crippen LogP contribution in [0.3, 0.4) is 0 Å². The summed E-state index contributed by atoms with van der Waals surface area (Å²) in [6.45, 7) is 4.60. The number of carbonyl (C=O) groups is 1. The van der Waals surface area contributed by atoms with Crippen molar-refractivity contribution in [2.75, 3.05) is 0 Å². The molecule has 0 saturated heterocycles. The zero-order chi connectivity index (χ0) is 15.0. The van der Waals surface area contributed by atoms with Crippen molar-refractivity contribution >= 4 is 16.0 Å². The van der Waals surface area contributed by atoms with E-state index in [0.717, 1.165) is 0 Å². The van der Waals surface area contributed by atoms with E-state index in [1.165, 1.54) is 20.8 Å². The van der Waals surface area contributed by atoms with Crippen LogP contribution in [0.1, 0.15) is 31.1 Å². The van der Waals surface area contributed by atoms with Gasteiger partial charge >= 0.3 is 5.97 Å². The number of benzene rings is 1. The minimum Gasteiger partial charge on any atom is -0.477 e. The maximum absolute atomic E-state index is 13.8. The first kappa shape index (κ1) is 15.5. The number of halogens is 2. The van der Waals surface area contributed by atoms with Crippen molar-refractivity contribution < 1.29 is 27.1 Å². The Morgan fingerprint density at radius 1 is 1.26 bits per heavy atom. The van der Waals surface area contributed by atoms with Crippen molar-refractivity contribution in [3.8, 4) is 0 Å². The van der Waals surface area contributed by atoms with Crippen molar-refractivity contribution in [3.05, 3.63) is 29.3 Å². The van der Waals surface area contributed by atoms with E-state index in [-0.39, 0.29) is 0 Å². The van der Waals surface area contributed by atoms with E-state index in [2.05, 4.69) is 4.72 Å². The molecular weight excluding hydrogens is 280 g/mol. The van der Waals surface area contributed by atoms with Gasteiger partial charge in [0.1, 0.15) is 16.3 Å². The van der Waals surface area contributed by atoms with Gasteiger partial charge in [-0.2, -0.15) is 0 Å². The van der Waals surface area contributed by atoms with Crippen LogP contribution in [0.25, 0.3) is 0 Å². The smallest absolute Gasteiger partial charge is 0.341 e. The lowest BCUT2D eigenvalue weighted by molar-refractivity contribution is 0.0685. The van der Waals surface area contributed by atoms with Gasteiger partial charge in [0.25, 0.3) is 0 Å². The highest BCUT2D eigenvalue weighted by Crippen LogP contribution is 2.22. The van der Waals surface area contributed by atoms with E-state index in [0.29, 0.717) is 12.1 Å². The molecule has 0 saturated carbocycles. The molecule has 0 aliphatic heterocycles. The highest BCUT2D eigenvalue weighted by Gasteiger charge is 2.29. The van der Waals surface area contributed by atoms with Crippen molar-refractivity contribution in [1.82, 2.24) is 4.72 Å². The zero-order valence-corrected chi connectivity index (χ0v) is 11.3. The first-order valence-corrected chi connectivity index (χ1v) is 6.69. The predicted molar refractivity (Wildman–Crippen MR) is 63.4 cm³/mol. The van der Waals surface area contributed by atoms with Gasteiger partial charge in [0.05, 0.1) is 0 Å². The second-order valence-electron chi connectivity index (χ2n) is 4.90. The van der Waals surface area contributed by atoms with Crippen LogP contribution < -0.4 is 4.72 Å². The summed E-state index contributed by atoms with van der Waals surface area (Å²) in [7, 11) is -4.28. The number of hydrogen-bond acceptors (Lipinski definition) is 3. The lowest BCUT2D eigenvalue weighted by Crippen LogP contribution is -2.41. The highest BCUT2D eigenvalue weighted by atomic mass is 32.2. The first-order chi connectivity index (χ1) is 8.46. The van der Waals surface area contributed by atoms with Crippen LogP contribution in [0.4, 0.5) is 8.78 Å². The quantitative estimate of drug-likeness (QED) is 0.889. The SMILES string of the molecule is CC(C)(C)NS(=O)(=O)c1ccc(F)c(C(=O)O)c1F. The van der Waals surface area contributed by atoms with Gasteiger partial charge in [-0.1, -0.05) is 0 Å². The maximum atomic E-state index is 13.8. The van der Waals surface area contributed by atoms with Crippen LogP contribution >= 0.6 is 0 Å². The first-order valence-electron chi connectivity index (χ1n) is 5.21. The summed E-state index contributed by atoms with van der Waals surface area (Å²) in [4.78, 5) is 9.81. The number of nitrogens with one attached hydrogen (secondary N) is 1. The van der Waals surface area contributed by atoms with Gasteiger partial charge in [0, 0.05) is 5.54 Å². The summed E-state index contributed by atoms with van der Waals surface area (Å²) in [5.74, 6) is -4.83. The van der Waals surface area contributed by atoms with Crippen LogP contribution in [0.2, 0.25) is 0 Å². The second-order valence-corrected chi connectivity index (χ2v) is 6.55. The Labute approximate surface area is 109 Å². The number of sulfonamides is 1. The molecule has 2 N–H and O–H groups in total. The van der Waals surface area contributed by atoms with E-state index in [4.69, 9.17) is 5.11 Å². The van der Waals surface area contributed by atoms with E-state index in [1.807, 2.05) is 0 Å². The number of hydrogen-bond donors (Lipinski definition) is 2. The van der Waals surface area contributed by atoms with Crippen LogP contribution in [0.15, 0.2) is 17.0 Å². The van der Waals surface area contributed by atoms with Crippen molar-refractivity contribution in [2.24, 2.45) is 0 Å². The molecule has 0 radical (unpaired) electrons. The summed E-state index contributed by atoms with van der Waals surface area (Å²) >= 11 is 0. The molecule has 0 spiro atoms. The molecule has 0 fully saturated rings. The van der Waals surface area contributed by atoms with E-state index in [1.54, 1.807) is 0 Å². The van der Waals surface area contributed by atoms with Gasteiger partial charge in [0.2, 0.25) is 10.0 Å². The van der Waals surface area contributed by atoms with Crippen molar-refractivity contribution in [1.29, 1.82) is 0 Å². The summed E-state index contributed by atoms with van der Waals surface area (Å²) < 4.78 is 52.9. The Hall–Kier alpha value is -1.54. The summed E-state index contributed by atoms with van der Waals surface area (Å²) in [6, 6.07) is 1.29. The normalized spacial score (nSPS) is 12.5. The van der Waals surface area contributed by atoms with E-state index < -0.39 is 43.6 Å². The zero-order valence-electron chi connectivity index (χ0n) is 10.5. The number of carboxylic acids is 1. The average molecular weight is 293 g/mol. The third-order valence-corrected chi connectivity index (χ3v) is 3.78. The third-order valence-electron chi connectivity index (χ3n) is 2.00. The van der Waals surface area contributed by atoms with Gasteiger partial charge in [-0.15, -0.1) is 0 Å². The van der Waals surface area contributed by atoms with Crippen LogP contribution in [0.5, 0.6) is 0 Å². The molecule has 0 aromatic heterocycles. The fourth-order valence-electron chi connectivity index (χ4n) is 1.40.